The highest BCUT2D eigenvalue weighted by Gasteiger charge is 2.28. The van der Waals surface area contributed by atoms with E-state index in [2.05, 4.69) is 40.8 Å². The Morgan fingerprint density at radius 3 is 1.00 bits per heavy atom. The van der Waals surface area contributed by atoms with Crippen molar-refractivity contribution in [3.63, 3.8) is 0 Å². The van der Waals surface area contributed by atoms with E-state index in [0.29, 0.717) is 0 Å². The second-order valence-corrected chi connectivity index (χ2v) is 10.1. The third kappa shape index (κ3) is 2.13. The number of hydrogen-bond acceptors (Lipinski definition) is 0. The first-order chi connectivity index (χ1) is 3.89. The van der Waals surface area contributed by atoms with Crippen molar-refractivity contribution >= 4 is 8.07 Å². The molecule has 0 atom stereocenters. The number of rotatable bonds is 2. The van der Waals surface area contributed by atoms with Crippen molar-refractivity contribution in [3.8, 4) is 0 Å². The van der Waals surface area contributed by atoms with Crippen LogP contribution in [0.5, 0.6) is 0 Å². The standard InChI is InChI=1S/C8H20Si/c1-7(2)9(5,6)8(3)4/h7-8H,1-6H3. The maximum absolute atomic E-state index is 2.47. The summed E-state index contributed by atoms with van der Waals surface area (Å²) < 4.78 is 0. The van der Waals surface area contributed by atoms with E-state index in [1.165, 1.54) is 0 Å². The Labute approximate surface area is 60.7 Å². The molecule has 9 heavy (non-hydrogen) atoms. The summed E-state index contributed by atoms with van der Waals surface area (Å²) in [6, 6.07) is 0. The maximum atomic E-state index is 2.47. The van der Waals surface area contributed by atoms with Crippen LogP contribution in [-0.2, 0) is 0 Å². The summed E-state index contributed by atoms with van der Waals surface area (Å²) in [5.74, 6) is 0. The summed E-state index contributed by atoms with van der Waals surface area (Å²) in [5, 5.41) is 0. The molecule has 0 nitrogen and oxygen atoms in total. The molecule has 56 valence electrons. The van der Waals surface area contributed by atoms with Crippen LogP contribution in [0.3, 0.4) is 0 Å². The fourth-order valence-electron chi connectivity index (χ4n) is 0.667. The Hall–Kier alpha value is 0.217. The van der Waals surface area contributed by atoms with Crippen molar-refractivity contribution in [2.24, 2.45) is 0 Å². The maximum Gasteiger partial charge on any atom is 0.0525 e. The van der Waals surface area contributed by atoms with Gasteiger partial charge >= 0.3 is 0 Å². The van der Waals surface area contributed by atoms with E-state index in [0.717, 1.165) is 11.1 Å². The first-order valence-electron chi connectivity index (χ1n) is 3.89. The summed E-state index contributed by atoms with van der Waals surface area (Å²) in [6.07, 6.45) is 0. The quantitative estimate of drug-likeness (QED) is 0.520. The van der Waals surface area contributed by atoms with Crippen molar-refractivity contribution in [3.05, 3.63) is 0 Å². The lowest BCUT2D eigenvalue weighted by atomic mass is 10.5. The van der Waals surface area contributed by atoms with Gasteiger partial charge in [0.25, 0.3) is 0 Å². The highest BCUT2D eigenvalue weighted by molar-refractivity contribution is 6.79. The van der Waals surface area contributed by atoms with Crippen LogP contribution in [0.1, 0.15) is 27.7 Å². The van der Waals surface area contributed by atoms with Crippen molar-refractivity contribution in [2.45, 2.75) is 51.9 Å². The van der Waals surface area contributed by atoms with Gasteiger partial charge in [0, 0.05) is 0 Å². The van der Waals surface area contributed by atoms with Crippen LogP contribution in [-0.4, -0.2) is 8.07 Å². The fourth-order valence-corrected chi connectivity index (χ4v) is 2.00. The molecule has 0 aromatic rings. The first-order valence-corrected chi connectivity index (χ1v) is 7.04. The molecule has 0 saturated carbocycles. The Morgan fingerprint density at radius 1 is 0.778 bits per heavy atom. The third-order valence-corrected chi connectivity index (χ3v) is 8.93. The number of hydrogen-bond donors (Lipinski definition) is 0. The molecular formula is C8H20Si. The first kappa shape index (κ1) is 9.22. The molecular weight excluding hydrogens is 124 g/mol. The van der Waals surface area contributed by atoms with E-state index >= 15 is 0 Å². The average Bonchev–Trinajstić information content (AvgIpc) is 1.65. The highest BCUT2D eigenvalue weighted by atomic mass is 28.3. The molecule has 0 bridgehead atoms. The molecule has 0 aromatic carbocycles. The Balaban J connectivity index is 4.01. The lowest BCUT2D eigenvalue weighted by molar-refractivity contribution is 0.906. The van der Waals surface area contributed by atoms with E-state index in [-0.39, 0.29) is 0 Å². The van der Waals surface area contributed by atoms with E-state index in [4.69, 9.17) is 0 Å². The van der Waals surface area contributed by atoms with Gasteiger partial charge in [-0.3, -0.25) is 0 Å². The van der Waals surface area contributed by atoms with E-state index in [1.54, 1.807) is 0 Å². The summed E-state index contributed by atoms with van der Waals surface area (Å²) in [7, 11) is -0.858. The predicted octanol–water partition coefficient (Wildman–Crippen LogP) is 3.51. The zero-order valence-corrected chi connectivity index (χ0v) is 8.65. The normalized spacial score (nSPS) is 13.3. The van der Waals surface area contributed by atoms with E-state index in [1.807, 2.05) is 0 Å². The molecule has 0 unspecified atom stereocenters. The minimum atomic E-state index is -0.858. The van der Waals surface area contributed by atoms with Gasteiger partial charge in [-0.25, -0.2) is 0 Å². The molecule has 0 amide bonds. The van der Waals surface area contributed by atoms with Crippen LogP contribution in [0.2, 0.25) is 24.2 Å². The fraction of sp³-hybridized carbons (Fsp3) is 1.00. The van der Waals surface area contributed by atoms with Crippen molar-refractivity contribution in [1.82, 2.24) is 0 Å². The second-order valence-electron chi connectivity index (χ2n) is 4.13. The molecule has 0 radical (unpaired) electrons. The molecule has 0 N–H and O–H groups in total. The monoisotopic (exact) mass is 144 g/mol. The summed E-state index contributed by atoms with van der Waals surface area (Å²) in [5.41, 5.74) is 1.86. The Kier molecular flexibility index (Phi) is 2.94. The smallest absolute Gasteiger partial charge is 0.0525 e. The van der Waals surface area contributed by atoms with Crippen molar-refractivity contribution in [1.29, 1.82) is 0 Å². The summed E-state index contributed by atoms with van der Waals surface area (Å²) in [6.45, 7) is 14.4. The van der Waals surface area contributed by atoms with E-state index in [9.17, 15) is 0 Å². The van der Waals surface area contributed by atoms with Gasteiger partial charge < -0.3 is 0 Å². The largest absolute Gasteiger partial charge is 0.0690 e. The summed E-state index contributed by atoms with van der Waals surface area (Å²) in [4.78, 5) is 0. The lowest BCUT2D eigenvalue weighted by Crippen LogP contribution is -2.32. The zero-order chi connectivity index (χ0) is 7.65. The molecule has 1 heteroatoms. The minimum absolute atomic E-state index is 0.858. The van der Waals surface area contributed by atoms with Gasteiger partial charge in [-0.2, -0.15) is 0 Å². The summed E-state index contributed by atoms with van der Waals surface area (Å²) >= 11 is 0. The van der Waals surface area contributed by atoms with Gasteiger partial charge in [-0.15, -0.1) is 0 Å². The topological polar surface area (TPSA) is 0 Å². The van der Waals surface area contributed by atoms with Crippen molar-refractivity contribution < 1.29 is 0 Å². The van der Waals surface area contributed by atoms with Gasteiger partial charge in [-0.1, -0.05) is 51.9 Å². The molecule has 0 aliphatic rings. The molecule has 0 saturated heterocycles. The molecule has 0 heterocycles. The Morgan fingerprint density at radius 2 is 1.00 bits per heavy atom. The van der Waals surface area contributed by atoms with Gasteiger partial charge in [0.15, 0.2) is 0 Å². The SMILES string of the molecule is CC(C)[Si](C)(C)C(C)C. The van der Waals surface area contributed by atoms with Crippen LogP contribution in [0.15, 0.2) is 0 Å². The lowest BCUT2D eigenvalue weighted by Gasteiger charge is -2.31. The molecule has 0 aromatic heterocycles. The van der Waals surface area contributed by atoms with Crippen LogP contribution >= 0.6 is 0 Å². The zero-order valence-electron chi connectivity index (χ0n) is 7.65. The third-order valence-electron chi connectivity index (χ3n) is 2.98. The Bertz CT molecular complexity index is 72.6. The van der Waals surface area contributed by atoms with Crippen molar-refractivity contribution in [2.75, 3.05) is 0 Å². The van der Waals surface area contributed by atoms with Gasteiger partial charge in [-0.05, 0) is 0 Å². The molecule has 0 aliphatic carbocycles. The van der Waals surface area contributed by atoms with Crippen LogP contribution in [0.25, 0.3) is 0 Å². The molecule has 0 rings (SSSR count). The minimum Gasteiger partial charge on any atom is -0.0690 e. The van der Waals surface area contributed by atoms with Gasteiger partial charge in [0.05, 0.1) is 8.07 Å². The van der Waals surface area contributed by atoms with E-state index < -0.39 is 8.07 Å². The predicted molar refractivity (Wildman–Crippen MR) is 47.7 cm³/mol. The van der Waals surface area contributed by atoms with Crippen LogP contribution < -0.4 is 0 Å². The molecule has 0 spiro atoms. The molecule has 0 aliphatic heterocycles. The molecule has 0 fully saturated rings. The highest BCUT2D eigenvalue weighted by Crippen LogP contribution is 2.31. The van der Waals surface area contributed by atoms with Crippen LogP contribution in [0, 0.1) is 0 Å². The second kappa shape index (κ2) is 2.87. The van der Waals surface area contributed by atoms with Gasteiger partial charge in [0.2, 0.25) is 0 Å². The van der Waals surface area contributed by atoms with Crippen LogP contribution in [0.4, 0.5) is 0 Å². The average molecular weight is 144 g/mol. The van der Waals surface area contributed by atoms with Gasteiger partial charge in [0.1, 0.15) is 0 Å².